The van der Waals surface area contributed by atoms with Gasteiger partial charge in [0.05, 0.1) is 48.6 Å². The van der Waals surface area contributed by atoms with Crippen molar-refractivity contribution in [1.29, 1.82) is 0 Å². The third kappa shape index (κ3) is 5.10. The Balaban J connectivity index is 1.27. The Morgan fingerprint density at radius 3 is 2.58 bits per heavy atom. The molecule has 3 aromatic carbocycles. The zero-order valence-corrected chi connectivity index (χ0v) is 26.2. The highest BCUT2D eigenvalue weighted by Gasteiger charge is 2.31. The Labute approximate surface area is 261 Å². The largest absolute Gasteiger partial charge is 0.497 e. The first-order chi connectivity index (χ1) is 21.8. The van der Waals surface area contributed by atoms with Gasteiger partial charge in [-0.15, -0.1) is 0 Å². The molecular weight excluding hydrogens is 568 g/mol. The highest BCUT2D eigenvalue weighted by Crippen LogP contribution is 2.47. The molecule has 2 N–H and O–H groups in total. The Morgan fingerprint density at radius 1 is 1.00 bits per heavy atom. The van der Waals surface area contributed by atoms with Gasteiger partial charge in [-0.2, -0.15) is 0 Å². The quantitative estimate of drug-likeness (QED) is 0.200. The summed E-state index contributed by atoms with van der Waals surface area (Å²) in [5.41, 5.74) is 6.26. The highest BCUT2D eigenvalue weighted by atomic mass is 16.5. The topological polar surface area (TPSA) is 107 Å². The van der Waals surface area contributed by atoms with Crippen molar-refractivity contribution >= 4 is 33.8 Å². The number of benzene rings is 3. The van der Waals surface area contributed by atoms with Crippen LogP contribution in [0.2, 0.25) is 0 Å². The number of methoxy groups -OCH3 is 2. The van der Waals surface area contributed by atoms with Crippen molar-refractivity contribution in [3.05, 3.63) is 77.1 Å². The standard InChI is InChI=1S/C36H38N4O5/c1-36(2,35-37-27-15-11-23(34(42)44-4)18-28(27)38-35)39-33(41)22-10-13-25-29(19-22)40-16-17-45-30-20-24(43-3)12-14-26(30)32(40)31(25)21-8-6-5-7-9-21/h10-15,18-21H,5-9,16-17H2,1-4H3,(H,37,38)(H,39,41). The Kier molecular flexibility index (Phi) is 7.26. The molecule has 45 heavy (non-hydrogen) atoms. The summed E-state index contributed by atoms with van der Waals surface area (Å²) >= 11 is 0. The van der Waals surface area contributed by atoms with E-state index in [1.54, 1.807) is 25.3 Å². The normalized spacial score (nSPS) is 15.2. The predicted octanol–water partition coefficient (Wildman–Crippen LogP) is 7.09. The van der Waals surface area contributed by atoms with Gasteiger partial charge in [0, 0.05) is 28.1 Å². The second-order valence-corrected chi connectivity index (χ2v) is 12.6. The van der Waals surface area contributed by atoms with Crippen LogP contribution in [0, 0.1) is 0 Å². The number of nitrogens with zero attached hydrogens (tertiary/aromatic N) is 2. The van der Waals surface area contributed by atoms with Crippen molar-refractivity contribution in [3.63, 3.8) is 0 Å². The number of fused-ring (bicyclic) bond motifs is 6. The summed E-state index contributed by atoms with van der Waals surface area (Å²) in [4.78, 5) is 33.8. The molecule has 0 saturated heterocycles. The monoisotopic (exact) mass is 606 g/mol. The number of hydrogen-bond donors (Lipinski definition) is 2. The lowest BCUT2D eigenvalue weighted by atomic mass is 9.81. The fourth-order valence-corrected chi connectivity index (χ4v) is 7.00. The average molecular weight is 607 g/mol. The van der Waals surface area contributed by atoms with Crippen LogP contribution in [0.5, 0.6) is 11.5 Å². The van der Waals surface area contributed by atoms with Crippen LogP contribution in [-0.4, -0.2) is 47.2 Å². The molecule has 1 saturated carbocycles. The smallest absolute Gasteiger partial charge is 0.337 e. The lowest BCUT2D eigenvalue weighted by molar-refractivity contribution is 0.0600. The van der Waals surface area contributed by atoms with Crippen LogP contribution in [0.1, 0.15) is 84.0 Å². The zero-order chi connectivity index (χ0) is 31.3. The molecule has 7 rings (SSSR count). The molecule has 0 atom stereocenters. The molecule has 1 fully saturated rings. The van der Waals surface area contributed by atoms with Crippen LogP contribution in [-0.2, 0) is 16.8 Å². The number of esters is 1. The first-order valence-corrected chi connectivity index (χ1v) is 15.7. The summed E-state index contributed by atoms with van der Waals surface area (Å²) in [7, 11) is 3.03. The summed E-state index contributed by atoms with van der Waals surface area (Å²) in [5.74, 6) is 2.04. The van der Waals surface area contributed by atoms with Crippen LogP contribution < -0.4 is 14.8 Å². The number of aromatic nitrogens is 3. The molecule has 232 valence electrons. The number of nitrogens with one attached hydrogen (secondary N) is 2. The van der Waals surface area contributed by atoms with E-state index in [0.29, 0.717) is 47.1 Å². The van der Waals surface area contributed by atoms with Gasteiger partial charge < -0.3 is 29.1 Å². The van der Waals surface area contributed by atoms with Crippen molar-refractivity contribution in [2.24, 2.45) is 0 Å². The first kappa shape index (κ1) is 29.0. The van der Waals surface area contributed by atoms with Crippen molar-refractivity contribution < 1.29 is 23.8 Å². The molecule has 9 heteroatoms. The van der Waals surface area contributed by atoms with Crippen LogP contribution in [0.15, 0.2) is 54.6 Å². The minimum absolute atomic E-state index is 0.192. The van der Waals surface area contributed by atoms with Gasteiger partial charge in [-0.3, -0.25) is 4.79 Å². The number of carbonyl (C=O) groups is 2. The van der Waals surface area contributed by atoms with Crippen molar-refractivity contribution in [1.82, 2.24) is 19.9 Å². The third-order valence-electron chi connectivity index (χ3n) is 9.32. The summed E-state index contributed by atoms with van der Waals surface area (Å²) in [6.07, 6.45) is 6.05. The van der Waals surface area contributed by atoms with Crippen LogP contribution in [0.25, 0.3) is 33.2 Å². The van der Waals surface area contributed by atoms with E-state index < -0.39 is 11.5 Å². The van der Waals surface area contributed by atoms with Gasteiger partial charge in [-0.05, 0) is 80.6 Å². The lowest BCUT2D eigenvalue weighted by Crippen LogP contribution is -2.41. The maximum atomic E-state index is 13.8. The van der Waals surface area contributed by atoms with E-state index >= 15 is 0 Å². The number of hydrogen-bond acceptors (Lipinski definition) is 6. The Bertz CT molecular complexity index is 1950. The molecule has 1 aliphatic carbocycles. The number of ether oxygens (including phenoxy) is 3. The molecule has 0 radical (unpaired) electrons. The molecule has 0 unspecified atom stereocenters. The van der Waals surface area contributed by atoms with E-state index in [1.807, 2.05) is 38.1 Å². The van der Waals surface area contributed by atoms with Crippen LogP contribution in [0.3, 0.4) is 0 Å². The minimum atomic E-state index is -0.814. The molecule has 1 aliphatic heterocycles. The fraction of sp³-hybridized carbons (Fsp3) is 0.361. The van der Waals surface area contributed by atoms with Crippen molar-refractivity contribution in [2.45, 2.75) is 64.0 Å². The molecule has 2 aromatic heterocycles. The van der Waals surface area contributed by atoms with E-state index in [9.17, 15) is 9.59 Å². The zero-order valence-electron chi connectivity index (χ0n) is 26.2. The summed E-state index contributed by atoms with van der Waals surface area (Å²) in [5, 5.41) is 4.39. The van der Waals surface area contributed by atoms with E-state index in [4.69, 9.17) is 19.2 Å². The summed E-state index contributed by atoms with van der Waals surface area (Å²) < 4.78 is 19.0. The molecule has 0 spiro atoms. The molecule has 3 heterocycles. The predicted molar refractivity (Wildman–Crippen MR) is 173 cm³/mol. The second-order valence-electron chi connectivity index (χ2n) is 12.6. The van der Waals surface area contributed by atoms with Crippen molar-refractivity contribution in [3.8, 4) is 22.8 Å². The van der Waals surface area contributed by atoms with E-state index in [-0.39, 0.29) is 5.91 Å². The molecule has 0 bridgehead atoms. The van der Waals surface area contributed by atoms with Crippen molar-refractivity contribution in [2.75, 3.05) is 20.8 Å². The first-order valence-electron chi connectivity index (χ1n) is 15.7. The summed E-state index contributed by atoms with van der Waals surface area (Å²) in [6, 6.07) is 17.3. The van der Waals surface area contributed by atoms with Crippen LogP contribution in [0.4, 0.5) is 0 Å². The number of imidazole rings is 1. The molecule has 5 aromatic rings. The van der Waals surface area contributed by atoms with E-state index in [2.05, 4.69) is 27.0 Å². The summed E-state index contributed by atoms with van der Waals surface area (Å²) in [6.45, 7) is 5.03. The third-order valence-corrected chi connectivity index (χ3v) is 9.32. The maximum absolute atomic E-state index is 13.8. The van der Waals surface area contributed by atoms with Gasteiger partial charge in [-0.25, -0.2) is 9.78 Å². The SMILES string of the molecule is COC(=O)c1ccc2nc(C(C)(C)NC(=O)c3ccc4c(C5CCCCC5)c5n(c4c3)CCOc3cc(OC)ccc3-5)[nH]c2c1. The molecular formula is C36H38N4O5. The van der Waals surface area contributed by atoms with Gasteiger partial charge >= 0.3 is 5.97 Å². The Morgan fingerprint density at radius 2 is 1.80 bits per heavy atom. The highest BCUT2D eigenvalue weighted by molar-refractivity contribution is 6.01. The second kappa shape index (κ2) is 11.3. The molecule has 1 amide bonds. The molecule has 2 aliphatic rings. The number of H-pyrrole nitrogens is 1. The molecule has 9 nitrogen and oxygen atoms in total. The van der Waals surface area contributed by atoms with Gasteiger partial charge in [0.2, 0.25) is 0 Å². The maximum Gasteiger partial charge on any atom is 0.337 e. The van der Waals surface area contributed by atoms with Gasteiger partial charge in [0.1, 0.15) is 23.9 Å². The van der Waals surface area contributed by atoms with E-state index in [1.165, 1.54) is 43.0 Å². The number of rotatable bonds is 6. The minimum Gasteiger partial charge on any atom is -0.497 e. The van der Waals surface area contributed by atoms with Gasteiger partial charge in [0.15, 0.2) is 0 Å². The van der Waals surface area contributed by atoms with Crippen LogP contribution >= 0.6 is 0 Å². The van der Waals surface area contributed by atoms with Gasteiger partial charge in [0.25, 0.3) is 5.91 Å². The van der Waals surface area contributed by atoms with E-state index in [0.717, 1.165) is 35.4 Å². The van der Waals surface area contributed by atoms with Gasteiger partial charge in [-0.1, -0.05) is 25.3 Å². The average Bonchev–Trinajstić information content (AvgIpc) is 3.58. The number of aromatic amines is 1. The fourth-order valence-electron chi connectivity index (χ4n) is 7.00. The lowest BCUT2D eigenvalue weighted by Gasteiger charge is -2.24. The number of amides is 1. The Hall–Kier alpha value is -4.79. The number of carbonyl (C=O) groups excluding carboxylic acids is 2.